The molecule has 0 spiro atoms. The molecule has 2 atom stereocenters. The van der Waals surface area contributed by atoms with Gasteiger partial charge in [0.2, 0.25) is 0 Å². The van der Waals surface area contributed by atoms with Crippen molar-refractivity contribution in [3.8, 4) is 11.1 Å². The molecule has 0 amide bonds. The summed E-state index contributed by atoms with van der Waals surface area (Å²) < 4.78 is 0. The third kappa shape index (κ3) is 4.27. The van der Waals surface area contributed by atoms with Crippen LogP contribution >= 0.6 is 12.4 Å². The largest absolute Gasteiger partial charge is 0.481 e. The zero-order valence-electron chi connectivity index (χ0n) is 12.7. The number of carbonyl (C=O) groups is 1. The molecule has 122 valence electrons. The van der Waals surface area contributed by atoms with Crippen molar-refractivity contribution < 1.29 is 9.90 Å². The molecule has 0 unspecified atom stereocenters. The van der Waals surface area contributed by atoms with Crippen molar-refractivity contribution in [2.75, 3.05) is 13.1 Å². The molecule has 2 N–H and O–H groups in total. The molecule has 2 aromatic rings. The Bertz CT molecular complexity index is 645. The zero-order valence-corrected chi connectivity index (χ0v) is 13.5. The van der Waals surface area contributed by atoms with E-state index in [9.17, 15) is 9.90 Å². The van der Waals surface area contributed by atoms with E-state index in [0.717, 1.165) is 36.2 Å². The highest BCUT2D eigenvalue weighted by atomic mass is 35.5. The first kappa shape index (κ1) is 17.4. The third-order valence-corrected chi connectivity index (χ3v) is 4.26. The number of rotatable bonds is 5. The van der Waals surface area contributed by atoms with Gasteiger partial charge in [-0.25, -0.2) is 9.97 Å². The summed E-state index contributed by atoms with van der Waals surface area (Å²) in [5, 5.41) is 12.8. The number of hydrogen-bond acceptors (Lipinski definition) is 4. The summed E-state index contributed by atoms with van der Waals surface area (Å²) in [4.78, 5) is 19.7. The fourth-order valence-electron chi connectivity index (χ4n) is 3.06. The van der Waals surface area contributed by atoms with E-state index < -0.39 is 5.97 Å². The van der Waals surface area contributed by atoms with E-state index in [0.29, 0.717) is 6.42 Å². The fourth-order valence-corrected chi connectivity index (χ4v) is 3.06. The van der Waals surface area contributed by atoms with Gasteiger partial charge in [-0.15, -0.1) is 12.4 Å². The van der Waals surface area contributed by atoms with Gasteiger partial charge < -0.3 is 10.4 Å². The molecule has 1 saturated heterocycles. The number of nitrogens with one attached hydrogen (secondary N) is 1. The Kier molecular flexibility index (Phi) is 6.07. The number of carboxylic acid groups (broad SMARTS) is 1. The molecule has 2 heterocycles. The average Bonchev–Trinajstić information content (AvgIpc) is 3.07. The van der Waals surface area contributed by atoms with Crippen LogP contribution in [-0.4, -0.2) is 34.1 Å². The molecular weight excluding hydrogens is 314 g/mol. The van der Waals surface area contributed by atoms with Gasteiger partial charge in [-0.05, 0) is 43.0 Å². The second-order valence-corrected chi connectivity index (χ2v) is 5.73. The van der Waals surface area contributed by atoms with Gasteiger partial charge in [-0.1, -0.05) is 24.3 Å². The van der Waals surface area contributed by atoms with E-state index in [1.807, 2.05) is 24.3 Å². The Balaban J connectivity index is 0.00000192. The van der Waals surface area contributed by atoms with Crippen LogP contribution in [0.1, 0.15) is 12.0 Å². The first-order valence-corrected chi connectivity index (χ1v) is 7.52. The molecule has 0 bridgehead atoms. The lowest BCUT2D eigenvalue weighted by Gasteiger charge is -2.19. The Hall–Kier alpha value is -1.98. The topological polar surface area (TPSA) is 75.1 Å². The second kappa shape index (κ2) is 8.04. The Morgan fingerprint density at radius 1 is 1.30 bits per heavy atom. The molecule has 1 fully saturated rings. The van der Waals surface area contributed by atoms with E-state index >= 15 is 0 Å². The van der Waals surface area contributed by atoms with E-state index in [4.69, 9.17) is 0 Å². The second-order valence-electron chi connectivity index (χ2n) is 5.73. The van der Waals surface area contributed by atoms with Crippen LogP contribution in [0.3, 0.4) is 0 Å². The maximum absolute atomic E-state index is 11.6. The molecule has 0 saturated carbocycles. The highest BCUT2D eigenvalue weighted by Gasteiger charge is 2.30. The molecule has 1 aliphatic heterocycles. The van der Waals surface area contributed by atoms with E-state index in [-0.39, 0.29) is 24.2 Å². The lowest BCUT2D eigenvalue weighted by molar-refractivity contribution is -0.143. The lowest BCUT2D eigenvalue weighted by Crippen LogP contribution is -2.27. The van der Waals surface area contributed by atoms with Gasteiger partial charge in [0, 0.05) is 18.0 Å². The van der Waals surface area contributed by atoms with E-state index in [1.165, 1.54) is 6.33 Å². The number of benzene rings is 1. The van der Waals surface area contributed by atoms with Crippen molar-refractivity contribution in [1.29, 1.82) is 0 Å². The minimum atomic E-state index is -0.706. The van der Waals surface area contributed by atoms with Crippen LogP contribution in [0.2, 0.25) is 0 Å². The standard InChI is InChI=1S/C17H19N3O2.ClH/c21-17(22)16(14-4-5-18-8-14)7-12-2-1-3-13(6-12)15-9-19-11-20-10-15;/h1-3,6,9-11,14,16,18H,4-5,7-8H2,(H,21,22);1H/t14-,16-;/m0./s1. The fraction of sp³-hybridized carbons (Fsp3) is 0.353. The predicted molar refractivity (Wildman–Crippen MR) is 90.5 cm³/mol. The van der Waals surface area contributed by atoms with E-state index in [1.54, 1.807) is 12.4 Å². The summed E-state index contributed by atoms with van der Waals surface area (Å²) in [6.45, 7) is 1.71. The molecule has 1 aromatic carbocycles. The lowest BCUT2D eigenvalue weighted by atomic mass is 9.85. The smallest absolute Gasteiger partial charge is 0.307 e. The summed E-state index contributed by atoms with van der Waals surface area (Å²) >= 11 is 0. The molecule has 6 heteroatoms. The number of aromatic nitrogens is 2. The molecule has 23 heavy (non-hydrogen) atoms. The normalized spacial score (nSPS) is 18.2. The van der Waals surface area contributed by atoms with Crippen molar-refractivity contribution in [2.24, 2.45) is 11.8 Å². The number of nitrogens with zero attached hydrogens (tertiary/aromatic N) is 2. The minimum absolute atomic E-state index is 0. The highest BCUT2D eigenvalue weighted by Crippen LogP contribution is 2.26. The van der Waals surface area contributed by atoms with E-state index in [2.05, 4.69) is 15.3 Å². The van der Waals surface area contributed by atoms with Gasteiger partial charge in [-0.3, -0.25) is 4.79 Å². The first-order chi connectivity index (χ1) is 10.7. The van der Waals surface area contributed by atoms with Gasteiger partial charge >= 0.3 is 5.97 Å². The van der Waals surface area contributed by atoms with Crippen molar-refractivity contribution in [1.82, 2.24) is 15.3 Å². The summed E-state index contributed by atoms with van der Waals surface area (Å²) in [5.41, 5.74) is 3.01. The number of carboxylic acids is 1. The number of hydrogen-bond donors (Lipinski definition) is 2. The maximum Gasteiger partial charge on any atom is 0.307 e. The molecule has 5 nitrogen and oxygen atoms in total. The van der Waals surface area contributed by atoms with Gasteiger partial charge in [0.05, 0.1) is 5.92 Å². The molecular formula is C17H20ClN3O2. The van der Waals surface area contributed by atoms with Crippen molar-refractivity contribution in [3.63, 3.8) is 0 Å². The summed E-state index contributed by atoms with van der Waals surface area (Å²) in [7, 11) is 0. The summed E-state index contributed by atoms with van der Waals surface area (Å²) in [5.74, 6) is -0.833. The highest BCUT2D eigenvalue weighted by molar-refractivity contribution is 5.85. The summed E-state index contributed by atoms with van der Waals surface area (Å²) in [6, 6.07) is 7.99. The third-order valence-electron chi connectivity index (χ3n) is 4.26. The molecule has 0 aliphatic carbocycles. The van der Waals surface area contributed by atoms with Crippen LogP contribution in [0, 0.1) is 11.8 Å². The number of aliphatic carboxylic acids is 1. The Morgan fingerprint density at radius 3 is 2.74 bits per heavy atom. The molecule has 3 rings (SSSR count). The van der Waals surface area contributed by atoms with Crippen LogP contribution in [0.5, 0.6) is 0 Å². The predicted octanol–water partition coefficient (Wildman–Crippen LogP) is 2.42. The minimum Gasteiger partial charge on any atom is -0.481 e. The zero-order chi connectivity index (χ0) is 15.4. The first-order valence-electron chi connectivity index (χ1n) is 7.52. The average molecular weight is 334 g/mol. The van der Waals surface area contributed by atoms with Crippen molar-refractivity contribution in [3.05, 3.63) is 48.5 Å². The monoisotopic (exact) mass is 333 g/mol. The SMILES string of the molecule is Cl.O=C(O)[C@@H](Cc1cccc(-c2cncnc2)c1)[C@H]1CCNC1. The molecule has 0 radical (unpaired) electrons. The van der Waals surface area contributed by atoms with Crippen LogP contribution in [0.25, 0.3) is 11.1 Å². The quantitative estimate of drug-likeness (QED) is 0.879. The van der Waals surface area contributed by atoms with Crippen molar-refractivity contribution in [2.45, 2.75) is 12.8 Å². The van der Waals surface area contributed by atoms with Crippen LogP contribution in [0.4, 0.5) is 0 Å². The van der Waals surface area contributed by atoms with Crippen LogP contribution in [-0.2, 0) is 11.2 Å². The van der Waals surface area contributed by atoms with Crippen LogP contribution in [0.15, 0.2) is 43.0 Å². The van der Waals surface area contributed by atoms with Gasteiger partial charge in [-0.2, -0.15) is 0 Å². The van der Waals surface area contributed by atoms with Gasteiger partial charge in [0.25, 0.3) is 0 Å². The summed E-state index contributed by atoms with van der Waals surface area (Å²) in [6.07, 6.45) is 6.52. The van der Waals surface area contributed by atoms with Gasteiger partial charge in [0.15, 0.2) is 0 Å². The molecule has 1 aromatic heterocycles. The Labute approximate surface area is 141 Å². The Morgan fingerprint density at radius 2 is 2.09 bits per heavy atom. The van der Waals surface area contributed by atoms with Gasteiger partial charge in [0.1, 0.15) is 6.33 Å². The maximum atomic E-state index is 11.6. The van der Waals surface area contributed by atoms with Crippen molar-refractivity contribution >= 4 is 18.4 Å². The van der Waals surface area contributed by atoms with Crippen LogP contribution < -0.4 is 5.32 Å². The molecule has 1 aliphatic rings. The number of halogens is 1.